The molecular weight excluding hydrogens is 534 g/mol. The van der Waals surface area contributed by atoms with Gasteiger partial charge in [-0.3, -0.25) is 9.88 Å². The summed E-state index contributed by atoms with van der Waals surface area (Å²) in [5, 5.41) is 2.29. The van der Waals surface area contributed by atoms with Crippen molar-refractivity contribution in [2.45, 2.75) is 78.2 Å². The molecule has 0 unspecified atom stereocenters. The average molecular weight is 578 g/mol. The summed E-state index contributed by atoms with van der Waals surface area (Å²) < 4.78 is 14.5. The Morgan fingerprint density at radius 1 is 0.953 bits per heavy atom. The van der Waals surface area contributed by atoms with Gasteiger partial charge < -0.3 is 14.0 Å². The van der Waals surface area contributed by atoms with Crippen molar-refractivity contribution in [3.05, 3.63) is 95.7 Å². The molecule has 1 saturated heterocycles. The SMILES string of the molecule is CCCOCn1c(CN2CCC(c3cccc(OCc4cccc5cnccc45)n3)CC2)nc2ccc(C(C)(C)C)cc21. The van der Waals surface area contributed by atoms with Crippen LogP contribution in [0, 0.1) is 0 Å². The smallest absolute Gasteiger partial charge is 0.213 e. The van der Waals surface area contributed by atoms with E-state index in [4.69, 9.17) is 19.4 Å². The molecule has 0 atom stereocenters. The number of likely N-dealkylation sites (tertiary alicyclic amines) is 1. The highest BCUT2D eigenvalue weighted by molar-refractivity contribution is 5.84. The maximum Gasteiger partial charge on any atom is 0.213 e. The first-order valence-corrected chi connectivity index (χ1v) is 15.6. The summed E-state index contributed by atoms with van der Waals surface area (Å²) in [5.74, 6) is 2.18. The number of rotatable bonds is 10. The predicted molar refractivity (Wildman–Crippen MR) is 172 cm³/mol. The van der Waals surface area contributed by atoms with E-state index in [1.807, 2.05) is 24.5 Å². The second-order valence-corrected chi connectivity index (χ2v) is 12.7. The number of benzene rings is 2. The van der Waals surface area contributed by atoms with E-state index in [0.717, 1.165) is 79.0 Å². The molecule has 0 saturated carbocycles. The molecule has 1 aliphatic rings. The number of pyridine rings is 2. The van der Waals surface area contributed by atoms with Gasteiger partial charge in [0.25, 0.3) is 0 Å². The van der Waals surface area contributed by atoms with Gasteiger partial charge in [0.05, 0.1) is 17.6 Å². The number of hydrogen-bond acceptors (Lipinski definition) is 6. The molecule has 7 heteroatoms. The molecule has 0 amide bonds. The minimum absolute atomic E-state index is 0.0830. The summed E-state index contributed by atoms with van der Waals surface area (Å²) in [6.07, 6.45) is 6.85. The fraction of sp³-hybridized carbons (Fsp3) is 0.417. The highest BCUT2D eigenvalue weighted by Crippen LogP contribution is 2.31. The molecule has 0 spiro atoms. The second-order valence-electron chi connectivity index (χ2n) is 12.7. The zero-order valence-electron chi connectivity index (χ0n) is 25.9. The summed E-state index contributed by atoms with van der Waals surface area (Å²) in [7, 11) is 0. The minimum Gasteiger partial charge on any atom is -0.473 e. The third-order valence-corrected chi connectivity index (χ3v) is 8.52. The van der Waals surface area contributed by atoms with Gasteiger partial charge in [-0.15, -0.1) is 0 Å². The van der Waals surface area contributed by atoms with E-state index in [9.17, 15) is 0 Å². The van der Waals surface area contributed by atoms with Gasteiger partial charge in [-0.2, -0.15) is 0 Å². The Morgan fingerprint density at radius 3 is 2.60 bits per heavy atom. The Kier molecular flexibility index (Phi) is 8.73. The first-order chi connectivity index (χ1) is 20.9. The number of fused-ring (bicyclic) bond motifs is 2. The Labute approximate surface area is 254 Å². The fourth-order valence-corrected chi connectivity index (χ4v) is 6.00. The third-order valence-electron chi connectivity index (χ3n) is 8.52. The molecule has 0 N–H and O–H groups in total. The topological polar surface area (TPSA) is 65.3 Å². The van der Waals surface area contributed by atoms with Gasteiger partial charge in [0.2, 0.25) is 5.88 Å². The van der Waals surface area contributed by atoms with Crippen molar-refractivity contribution >= 4 is 21.8 Å². The first-order valence-electron chi connectivity index (χ1n) is 15.6. The van der Waals surface area contributed by atoms with Gasteiger partial charge >= 0.3 is 0 Å². The van der Waals surface area contributed by atoms with Crippen LogP contribution in [-0.2, 0) is 30.0 Å². The fourth-order valence-electron chi connectivity index (χ4n) is 6.00. The number of nitrogens with zero attached hydrogens (tertiary/aromatic N) is 5. The quantitative estimate of drug-likeness (QED) is 0.159. The highest BCUT2D eigenvalue weighted by atomic mass is 16.5. The molecule has 7 nitrogen and oxygen atoms in total. The second kappa shape index (κ2) is 12.8. The van der Waals surface area contributed by atoms with Gasteiger partial charge in [-0.1, -0.05) is 58.0 Å². The zero-order chi connectivity index (χ0) is 29.8. The van der Waals surface area contributed by atoms with Crippen LogP contribution in [0.4, 0.5) is 0 Å². The standard InChI is InChI=1S/C36H43N5O2/c1-5-20-42-25-41-33-21-29(36(2,3)4)12-13-32(33)38-34(41)23-40-18-15-26(16-19-40)31-10-7-11-35(39-31)43-24-28-9-6-8-27-22-37-17-14-30(27)28/h6-14,17,21-22,26H,5,15-16,18-20,23-25H2,1-4H3. The Bertz CT molecular complexity index is 1680. The summed E-state index contributed by atoms with van der Waals surface area (Å²) in [6, 6.07) is 21.1. The van der Waals surface area contributed by atoms with Crippen LogP contribution in [0.2, 0.25) is 0 Å². The van der Waals surface area contributed by atoms with Crippen LogP contribution in [-0.4, -0.2) is 44.1 Å². The first kappa shape index (κ1) is 29.3. The van der Waals surface area contributed by atoms with Gasteiger partial charge in [-0.05, 0) is 78.5 Å². The molecule has 3 aromatic heterocycles. The van der Waals surface area contributed by atoms with Gasteiger partial charge in [0.15, 0.2) is 0 Å². The summed E-state index contributed by atoms with van der Waals surface area (Å²) in [6.45, 7) is 13.5. The lowest BCUT2D eigenvalue weighted by atomic mass is 9.87. The molecule has 0 aliphatic carbocycles. The molecule has 6 rings (SSSR count). The van der Waals surface area contributed by atoms with Crippen molar-refractivity contribution in [3.63, 3.8) is 0 Å². The monoisotopic (exact) mass is 577 g/mol. The molecule has 224 valence electrons. The van der Waals surface area contributed by atoms with Crippen LogP contribution in [0.25, 0.3) is 21.8 Å². The zero-order valence-corrected chi connectivity index (χ0v) is 25.9. The van der Waals surface area contributed by atoms with Crippen LogP contribution in [0.1, 0.15) is 75.5 Å². The maximum absolute atomic E-state index is 6.18. The predicted octanol–water partition coefficient (Wildman–Crippen LogP) is 7.62. The lowest BCUT2D eigenvalue weighted by molar-refractivity contribution is 0.0755. The molecule has 0 bridgehead atoms. The van der Waals surface area contributed by atoms with Crippen LogP contribution in [0.15, 0.2) is 73.1 Å². The van der Waals surface area contributed by atoms with Crippen molar-refractivity contribution in [3.8, 4) is 5.88 Å². The Balaban J connectivity index is 1.11. The maximum atomic E-state index is 6.18. The molecule has 5 aromatic rings. The number of ether oxygens (including phenoxy) is 2. The van der Waals surface area contributed by atoms with E-state index in [2.05, 4.69) is 90.7 Å². The van der Waals surface area contributed by atoms with Crippen LogP contribution in [0.3, 0.4) is 0 Å². The third kappa shape index (κ3) is 6.73. The summed E-state index contributed by atoms with van der Waals surface area (Å²) in [5.41, 5.74) is 5.86. The van der Waals surface area contributed by atoms with Gasteiger partial charge in [0.1, 0.15) is 19.2 Å². The van der Waals surface area contributed by atoms with E-state index < -0.39 is 0 Å². The highest BCUT2D eigenvalue weighted by Gasteiger charge is 2.24. The largest absolute Gasteiger partial charge is 0.473 e. The number of piperidine rings is 1. The van der Waals surface area contributed by atoms with Crippen molar-refractivity contribution in [2.24, 2.45) is 0 Å². The number of imidazole rings is 1. The van der Waals surface area contributed by atoms with Crippen molar-refractivity contribution in [1.82, 2.24) is 24.4 Å². The molecule has 4 heterocycles. The van der Waals surface area contributed by atoms with Crippen LogP contribution >= 0.6 is 0 Å². The molecule has 1 fully saturated rings. The molecule has 0 radical (unpaired) electrons. The Morgan fingerprint density at radius 2 is 1.79 bits per heavy atom. The number of hydrogen-bond donors (Lipinski definition) is 0. The van der Waals surface area contributed by atoms with Crippen molar-refractivity contribution in [1.29, 1.82) is 0 Å². The van der Waals surface area contributed by atoms with Crippen LogP contribution in [0.5, 0.6) is 5.88 Å². The Hall–Kier alpha value is -3.81. The lowest BCUT2D eigenvalue weighted by Gasteiger charge is -2.31. The van der Waals surface area contributed by atoms with Gasteiger partial charge in [0, 0.05) is 42.1 Å². The van der Waals surface area contributed by atoms with E-state index in [1.54, 1.807) is 0 Å². The normalized spacial score (nSPS) is 15.0. The van der Waals surface area contributed by atoms with Crippen LogP contribution < -0.4 is 4.74 Å². The molecule has 1 aliphatic heterocycles. The van der Waals surface area contributed by atoms with Crippen molar-refractivity contribution in [2.75, 3.05) is 19.7 Å². The van der Waals surface area contributed by atoms with E-state index >= 15 is 0 Å². The van der Waals surface area contributed by atoms with E-state index in [0.29, 0.717) is 25.1 Å². The van der Waals surface area contributed by atoms with Crippen molar-refractivity contribution < 1.29 is 9.47 Å². The van der Waals surface area contributed by atoms with E-state index in [1.165, 1.54) is 10.9 Å². The average Bonchev–Trinajstić information content (AvgIpc) is 3.36. The molecule has 43 heavy (non-hydrogen) atoms. The summed E-state index contributed by atoms with van der Waals surface area (Å²) >= 11 is 0. The molecule has 2 aromatic carbocycles. The molecular formula is C36H43N5O2. The number of aromatic nitrogens is 4. The summed E-state index contributed by atoms with van der Waals surface area (Å²) in [4.78, 5) is 16.8. The van der Waals surface area contributed by atoms with Gasteiger partial charge in [-0.25, -0.2) is 9.97 Å². The van der Waals surface area contributed by atoms with E-state index in [-0.39, 0.29) is 5.41 Å². The lowest BCUT2D eigenvalue weighted by Crippen LogP contribution is -2.33. The minimum atomic E-state index is 0.0830.